The molecule has 1 aliphatic heterocycles. The first-order chi connectivity index (χ1) is 9.95. The third kappa shape index (κ3) is 3.02. The number of hydrogen-bond acceptors (Lipinski definition) is 6. The van der Waals surface area contributed by atoms with Gasteiger partial charge in [0.1, 0.15) is 10.7 Å². The van der Waals surface area contributed by atoms with Crippen molar-refractivity contribution in [2.75, 3.05) is 19.3 Å². The van der Waals surface area contributed by atoms with Crippen molar-refractivity contribution in [1.82, 2.24) is 9.88 Å². The number of nitrogens with zero attached hydrogens (tertiary/aromatic N) is 2. The first-order valence-corrected chi connectivity index (χ1v) is 10.1. The Morgan fingerprint density at radius 1 is 1.43 bits per heavy atom. The second-order valence-corrected chi connectivity index (χ2v) is 9.14. The standard InChI is InChI=1S/C13H14N2O3S3/c1-21(17,18)9-4-5-15(7-9)13(16)10-8-20-12(14-10)11-3-2-6-19-11/h2-3,6,8-9H,4-5,7H2,1H3/t9-/m0/s1. The summed E-state index contributed by atoms with van der Waals surface area (Å²) in [6, 6.07) is 3.91. The number of carbonyl (C=O) groups excluding carboxylic acids is 1. The van der Waals surface area contributed by atoms with Crippen molar-refractivity contribution in [1.29, 1.82) is 0 Å². The first kappa shape index (κ1) is 14.7. The molecule has 0 N–H and O–H groups in total. The Bertz CT molecular complexity index is 749. The van der Waals surface area contributed by atoms with Crippen molar-refractivity contribution in [2.45, 2.75) is 11.7 Å². The number of thiazole rings is 1. The summed E-state index contributed by atoms with van der Waals surface area (Å²) in [7, 11) is -3.09. The van der Waals surface area contributed by atoms with Crippen LogP contribution in [-0.4, -0.2) is 48.8 Å². The number of hydrogen-bond donors (Lipinski definition) is 0. The normalized spacial score (nSPS) is 19.1. The van der Waals surface area contributed by atoms with Gasteiger partial charge in [0.05, 0.1) is 10.1 Å². The molecule has 21 heavy (non-hydrogen) atoms. The number of sulfone groups is 1. The highest BCUT2D eigenvalue weighted by molar-refractivity contribution is 7.91. The van der Waals surface area contributed by atoms with E-state index < -0.39 is 15.1 Å². The van der Waals surface area contributed by atoms with Crippen LogP contribution >= 0.6 is 22.7 Å². The highest BCUT2D eigenvalue weighted by atomic mass is 32.2. The van der Waals surface area contributed by atoms with Crippen LogP contribution in [0.15, 0.2) is 22.9 Å². The third-order valence-electron chi connectivity index (χ3n) is 3.49. The fourth-order valence-electron chi connectivity index (χ4n) is 2.31. The molecule has 0 aromatic carbocycles. The van der Waals surface area contributed by atoms with Gasteiger partial charge in [0.2, 0.25) is 0 Å². The lowest BCUT2D eigenvalue weighted by Gasteiger charge is -2.14. The molecule has 1 saturated heterocycles. The van der Waals surface area contributed by atoms with E-state index in [2.05, 4.69) is 4.98 Å². The van der Waals surface area contributed by atoms with Crippen LogP contribution in [0.1, 0.15) is 16.9 Å². The molecule has 0 radical (unpaired) electrons. The Labute approximate surface area is 131 Å². The van der Waals surface area contributed by atoms with Gasteiger partial charge in [-0.25, -0.2) is 13.4 Å². The quantitative estimate of drug-likeness (QED) is 0.857. The van der Waals surface area contributed by atoms with Gasteiger partial charge in [0.25, 0.3) is 5.91 Å². The Hall–Kier alpha value is -1.25. The van der Waals surface area contributed by atoms with Crippen molar-refractivity contribution in [3.05, 3.63) is 28.6 Å². The molecule has 3 heterocycles. The van der Waals surface area contributed by atoms with Crippen LogP contribution in [0.4, 0.5) is 0 Å². The maximum atomic E-state index is 12.4. The minimum absolute atomic E-state index is 0.180. The van der Waals surface area contributed by atoms with Crippen molar-refractivity contribution in [2.24, 2.45) is 0 Å². The Kier molecular flexibility index (Phi) is 3.85. The molecule has 1 aliphatic rings. The molecular weight excluding hydrogens is 328 g/mol. The minimum Gasteiger partial charge on any atom is -0.336 e. The van der Waals surface area contributed by atoms with E-state index in [1.807, 2.05) is 17.5 Å². The molecule has 8 heteroatoms. The zero-order valence-corrected chi connectivity index (χ0v) is 13.8. The summed E-state index contributed by atoms with van der Waals surface area (Å²) in [6.07, 6.45) is 1.73. The second kappa shape index (κ2) is 5.51. The monoisotopic (exact) mass is 342 g/mol. The lowest BCUT2D eigenvalue weighted by atomic mass is 10.4. The molecule has 0 bridgehead atoms. The smallest absolute Gasteiger partial charge is 0.273 e. The maximum absolute atomic E-state index is 12.4. The molecule has 2 aromatic heterocycles. The lowest BCUT2D eigenvalue weighted by Crippen LogP contribution is -2.31. The molecule has 1 amide bonds. The minimum atomic E-state index is -3.09. The van der Waals surface area contributed by atoms with Crippen molar-refractivity contribution in [3.63, 3.8) is 0 Å². The number of likely N-dealkylation sites (tertiary alicyclic amines) is 1. The highest BCUT2D eigenvalue weighted by Gasteiger charge is 2.33. The van der Waals surface area contributed by atoms with Gasteiger partial charge in [-0.05, 0) is 17.9 Å². The number of aromatic nitrogens is 1. The molecule has 5 nitrogen and oxygen atoms in total. The Morgan fingerprint density at radius 3 is 2.86 bits per heavy atom. The van der Waals surface area contributed by atoms with E-state index >= 15 is 0 Å². The molecule has 0 saturated carbocycles. The number of rotatable bonds is 3. The topological polar surface area (TPSA) is 67.3 Å². The van der Waals surface area contributed by atoms with Crippen LogP contribution in [0.3, 0.4) is 0 Å². The summed E-state index contributed by atoms with van der Waals surface area (Å²) in [5.74, 6) is -0.180. The van der Waals surface area contributed by atoms with Crippen molar-refractivity contribution >= 4 is 38.4 Å². The van der Waals surface area contributed by atoms with Crippen LogP contribution in [0, 0.1) is 0 Å². The molecule has 0 aliphatic carbocycles. The van der Waals surface area contributed by atoms with E-state index in [-0.39, 0.29) is 12.5 Å². The Morgan fingerprint density at radius 2 is 2.24 bits per heavy atom. The van der Waals surface area contributed by atoms with Gasteiger partial charge >= 0.3 is 0 Å². The molecule has 1 fully saturated rings. The number of carbonyl (C=O) groups is 1. The average molecular weight is 342 g/mol. The second-order valence-electron chi connectivity index (χ2n) is 5.01. The first-order valence-electron chi connectivity index (χ1n) is 6.42. The number of amides is 1. The third-order valence-corrected chi connectivity index (χ3v) is 6.97. The fraction of sp³-hybridized carbons (Fsp3) is 0.385. The van der Waals surface area contributed by atoms with E-state index in [0.29, 0.717) is 18.7 Å². The molecule has 2 aromatic rings. The van der Waals surface area contributed by atoms with Crippen LogP contribution in [0.2, 0.25) is 0 Å². The summed E-state index contributed by atoms with van der Waals surface area (Å²) in [6.45, 7) is 0.742. The van der Waals surface area contributed by atoms with Crippen LogP contribution in [0.25, 0.3) is 9.88 Å². The van der Waals surface area contributed by atoms with Gasteiger partial charge in [-0.15, -0.1) is 22.7 Å². The highest BCUT2D eigenvalue weighted by Crippen LogP contribution is 2.28. The van der Waals surface area contributed by atoms with E-state index in [4.69, 9.17) is 0 Å². The van der Waals surface area contributed by atoms with Gasteiger partial charge in [-0.2, -0.15) is 0 Å². The van der Waals surface area contributed by atoms with Crippen LogP contribution in [0.5, 0.6) is 0 Å². The van der Waals surface area contributed by atoms with Gasteiger partial charge in [0.15, 0.2) is 9.84 Å². The van der Waals surface area contributed by atoms with Crippen LogP contribution in [-0.2, 0) is 9.84 Å². The van der Waals surface area contributed by atoms with Crippen LogP contribution < -0.4 is 0 Å². The maximum Gasteiger partial charge on any atom is 0.273 e. The zero-order chi connectivity index (χ0) is 15.0. The zero-order valence-electron chi connectivity index (χ0n) is 11.4. The largest absolute Gasteiger partial charge is 0.336 e. The van der Waals surface area contributed by atoms with Gasteiger partial charge in [0, 0.05) is 24.7 Å². The molecule has 112 valence electrons. The predicted molar refractivity (Wildman–Crippen MR) is 84.6 cm³/mol. The summed E-state index contributed by atoms with van der Waals surface area (Å²) >= 11 is 3.02. The molecule has 0 spiro atoms. The van der Waals surface area contributed by atoms with Gasteiger partial charge in [-0.3, -0.25) is 4.79 Å². The molecule has 1 atom stereocenters. The molecule has 3 rings (SSSR count). The van der Waals surface area contributed by atoms with E-state index in [1.165, 1.54) is 17.6 Å². The van der Waals surface area contributed by atoms with Gasteiger partial charge < -0.3 is 4.90 Å². The average Bonchev–Trinajstić information content (AvgIpc) is 3.17. The lowest BCUT2D eigenvalue weighted by molar-refractivity contribution is 0.0788. The van der Waals surface area contributed by atoms with E-state index in [0.717, 1.165) is 9.88 Å². The predicted octanol–water partition coefficient (Wildman–Crippen LogP) is 2.13. The fourth-order valence-corrected chi connectivity index (χ4v) is 4.90. The van der Waals surface area contributed by atoms with E-state index in [1.54, 1.807) is 21.6 Å². The summed E-state index contributed by atoms with van der Waals surface area (Å²) in [5, 5.41) is 4.09. The summed E-state index contributed by atoms with van der Waals surface area (Å²) < 4.78 is 23.1. The number of thiophene rings is 1. The Balaban J connectivity index is 1.75. The van der Waals surface area contributed by atoms with E-state index in [9.17, 15) is 13.2 Å². The molecular formula is C13H14N2O3S3. The van der Waals surface area contributed by atoms with Crippen molar-refractivity contribution < 1.29 is 13.2 Å². The molecule has 0 unspecified atom stereocenters. The summed E-state index contributed by atoms with van der Waals surface area (Å²) in [5.41, 5.74) is 0.401. The van der Waals surface area contributed by atoms with Crippen molar-refractivity contribution in [3.8, 4) is 9.88 Å². The summed E-state index contributed by atoms with van der Waals surface area (Å²) in [4.78, 5) is 19.4. The SMILES string of the molecule is CS(=O)(=O)[C@H]1CCN(C(=O)c2csc(-c3cccs3)n2)C1. The van der Waals surface area contributed by atoms with Gasteiger partial charge in [-0.1, -0.05) is 6.07 Å².